The van der Waals surface area contributed by atoms with Crippen molar-refractivity contribution in [3.63, 3.8) is 0 Å². The van der Waals surface area contributed by atoms with E-state index < -0.39 is 12.2 Å². The molecule has 3 N–H and O–H groups in total. The molecule has 0 spiro atoms. The maximum atomic E-state index is 9.68. The van der Waals surface area contributed by atoms with Gasteiger partial charge in [-0.2, -0.15) is 0 Å². The van der Waals surface area contributed by atoms with E-state index >= 15 is 0 Å². The minimum Gasteiger partial charge on any atom is -0.391 e. The second-order valence-corrected chi connectivity index (χ2v) is 4.78. The average molecular weight is 281 g/mol. The lowest BCUT2D eigenvalue weighted by molar-refractivity contribution is 0.0175. The summed E-state index contributed by atoms with van der Waals surface area (Å²) < 4.78 is 0. The smallest absolute Gasteiger partial charge is 0.106 e. The minimum absolute atomic E-state index is 0.0219. The van der Waals surface area contributed by atoms with Crippen LogP contribution < -0.4 is 0 Å². The summed E-state index contributed by atoms with van der Waals surface area (Å²) in [5.41, 5.74) is 0.674. The Balaban J connectivity index is 2.63. The molecule has 0 aliphatic heterocycles. The van der Waals surface area contributed by atoms with Crippen molar-refractivity contribution in [2.45, 2.75) is 25.2 Å². The van der Waals surface area contributed by atoms with E-state index in [-0.39, 0.29) is 6.61 Å². The molecule has 14 heavy (non-hydrogen) atoms. The number of halogens is 1. The van der Waals surface area contributed by atoms with E-state index in [1.807, 2.05) is 0 Å². The van der Waals surface area contributed by atoms with Crippen molar-refractivity contribution in [1.29, 1.82) is 0 Å². The van der Waals surface area contributed by atoms with Gasteiger partial charge in [0.25, 0.3) is 0 Å². The molecule has 0 fully saturated rings. The monoisotopic (exact) mass is 280 g/mol. The van der Waals surface area contributed by atoms with Crippen LogP contribution in [0, 0.1) is 0 Å². The van der Waals surface area contributed by atoms with Crippen molar-refractivity contribution in [3.05, 3.63) is 21.9 Å². The zero-order valence-corrected chi connectivity index (χ0v) is 9.96. The molecule has 0 saturated carbocycles. The zero-order chi connectivity index (χ0) is 10.6. The van der Waals surface area contributed by atoms with Crippen LogP contribution in [0.4, 0.5) is 0 Å². The molecule has 2 unspecified atom stereocenters. The van der Waals surface area contributed by atoms with Gasteiger partial charge in [0.15, 0.2) is 0 Å². The SMILES string of the molecule is OCc1cc(C(O)C(O)CCBr)cs1. The van der Waals surface area contributed by atoms with E-state index in [4.69, 9.17) is 5.11 Å². The Kier molecular flexibility index (Phi) is 5.05. The van der Waals surface area contributed by atoms with Gasteiger partial charge < -0.3 is 15.3 Å². The third-order valence-electron chi connectivity index (χ3n) is 1.94. The van der Waals surface area contributed by atoms with E-state index in [2.05, 4.69) is 15.9 Å². The molecule has 5 heteroatoms. The van der Waals surface area contributed by atoms with Crippen LogP contribution in [-0.4, -0.2) is 26.8 Å². The van der Waals surface area contributed by atoms with Gasteiger partial charge in [-0.25, -0.2) is 0 Å². The highest BCUT2D eigenvalue weighted by molar-refractivity contribution is 9.09. The van der Waals surface area contributed by atoms with Crippen molar-refractivity contribution in [2.24, 2.45) is 0 Å². The lowest BCUT2D eigenvalue weighted by Gasteiger charge is -2.15. The summed E-state index contributed by atoms with van der Waals surface area (Å²) >= 11 is 4.58. The molecular formula is C9H13BrO3S. The van der Waals surface area contributed by atoms with Crippen LogP contribution in [0.1, 0.15) is 23.0 Å². The van der Waals surface area contributed by atoms with Gasteiger partial charge in [0.2, 0.25) is 0 Å². The van der Waals surface area contributed by atoms with Crippen molar-refractivity contribution < 1.29 is 15.3 Å². The van der Waals surface area contributed by atoms with E-state index in [0.29, 0.717) is 17.3 Å². The van der Waals surface area contributed by atoms with Crippen LogP contribution in [0.2, 0.25) is 0 Å². The summed E-state index contributed by atoms with van der Waals surface area (Å²) in [6, 6.07) is 1.72. The van der Waals surface area contributed by atoms with E-state index in [0.717, 1.165) is 4.88 Å². The van der Waals surface area contributed by atoms with Crippen molar-refractivity contribution in [1.82, 2.24) is 0 Å². The first-order valence-corrected chi connectivity index (χ1v) is 6.29. The van der Waals surface area contributed by atoms with E-state index in [1.54, 1.807) is 11.4 Å². The van der Waals surface area contributed by atoms with Crippen LogP contribution in [0.15, 0.2) is 11.4 Å². The fourth-order valence-electron chi connectivity index (χ4n) is 1.13. The van der Waals surface area contributed by atoms with Crippen molar-refractivity contribution in [3.8, 4) is 0 Å². The van der Waals surface area contributed by atoms with E-state index in [1.165, 1.54) is 11.3 Å². The molecule has 0 saturated heterocycles. The molecule has 3 nitrogen and oxygen atoms in total. The number of rotatable bonds is 5. The Labute approximate surface area is 95.1 Å². The molecule has 1 rings (SSSR count). The Bertz CT molecular complexity index is 277. The van der Waals surface area contributed by atoms with Crippen LogP contribution in [0.5, 0.6) is 0 Å². The average Bonchev–Trinajstić information content (AvgIpc) is 2.65. The standard InChI is InChI=1S/C9H13BrO3S/c10-2-1-8(12)9(13)6-3-7(4-11)14-5-6/h3,5,8-9,11-13H,1-2,4H2. The van der Waals surface area contributed by atoms with Gasteiger partial charge in [-0.05, 0) is 23.4 Å². The minimum atomic E-state index is -0.857. The lowest BCUT2D eigenvalue weighted by atomic mass is 10.1. The highest BCUT2D eigenvalue weighted by Crippen LogP contribution is 2.24. The number of alkyl halides is 1. The topological polar surface area (TPSA) is 60.7 Å². The molecule has 2 atom stereocenters. The molecule has 0 aliphatic rings. The highest BCUT2D eigenvalue weighted by atomic mass is 79.9. The van der Waals surface area contributed by atoms with Crippen LogP contribution in [0.25, 0.3) is 0 Å². The molecule has 0 radical (unpaired) electrons. The normalized spacial score (nSPS) is 15.4. The second-order valence-electron chi connectivity index (χ2n) is 2.99. The Hall–Kier alpha value is 0.0600. The first kappa shape index (κ1) is 12.1. The summed E-state index contributed by atoms with van der Waals surface area (Å²) in [5, 5.41) is 30.4. The van der Waals surface area contributed by atoms with Gasteiger partial charge >= 0.3 is 0 Å². The Morgan fingerprint density at radius 1 is 1.43 bits per heavy atom. The Morgan fingerprint density at radius 2 is 2.14 bits per heavy atom. The van der Waals surface area contributed by atoms with Gasteiger partial charge in [-0.1, -0.05) is 15.9 Å². The van der Waals surface area contributed by atoms with Crippen LogP contribution in [0.3, 0.4) is 0 Å². The number of hydrogen-bond acceptors (Lipinski definition) is 4. The number of hydrogen-bond donors (Lipinski definition) is 3. The summed E-state index contributed by atoms with van der Waals surface area (Å²) in [6.07, 6.45) is -1.11. The van der Waals surface area contributed by atoms with Crippen LogP contribution >= 0.6 is 27.3 Å². The fraction of sp³-hybridized carbons (Fsp3) is 0.556. The quantitative estimate of drug-likeness (QED) is 0.715. The predicted octanol–water partition coefficient (Wildman–Crippen LogP) is 1.42. The third kappa shape index (κ3) is 3.03. The molecule has 0 aromatic carbocycles. The maximum absolute atomic E-state index is 9.68. The van der Waals surface area contributed by atoms with Crippen molar-refractivity contribution >= 4 is 27.3 Å². The fourth-order valence-corrected chi connectivity index (χ4v) is 2.37. The molecule has 1 aromatic rings. The van der Waals surface area contributed by atoms with E-state index in [9.17, 15) is 10.2 Å². The van der Waals surface area contributed by atoms with Gasteiger partial charge in [-0.3, -0.25) is 0 Å². The largest absolute Gasteiger partial charge is 0.391 e. The van der Waals surface area contributed by atoms with Gasteiger partial charge in [0.05, 0.1) is 12.7 Å². The summed E-state index contributed by atoms with van der Waals surface area (Å²) in [5.74, 6) is 0. The van der Waals surface area contributed by atoms with Gasteiger partial charge in [0.1, 0.15) is 6.10 Å². The molecule has 0 bridgehead atoms. The second kappa shape index (κ2) is 5.82. The van der Waals surface area contributed by atoms with Crippen LogP contribution in [-0.2, 0) is 6.61 Å². The summed E-state index contributed by atoms with van der Waals surface area (Å²) in [7, 11) is 0. The first-order valence-electron chi connectivity index (χ1n) is 4.29. The molecule has 1 heterocycles. The molecule has 0 amide bonds. The first-order chi connectivity index (χ1) is 6.69. The zero-order valence-electron chi connectivity index (χ0n) is 7.56. The molecule has 1 aromatic heterocycles. The maximum Gasteiger partial charge on any atom is 0.106 e. The molecular weight excluding hydrogens is 268 g/mol. The van der Waals surface area contributed by atoms with Gasteiger partial charge in [0, 0.05) is 10.2 Å². The lowest BCUT2D eigenvalue weighted by Crippen LogP contribution is -2.17. The van der Waals surface area contributed by atoms with Gasteiger partial charge in [-0.15, -0.1) is 11.3 Å². The third-order valence-corrected chi connectivity index (χ3v) is 3.34. The molecule has 80 valence electrons. The highest BCUT2D eigenvalue weighted by Gasteiger charge is 2.18. The number of aliphatic hydroxyl groups is 3. The predicted molar refractivity (Wildman–Crippen MR) is 59.6 cm³/mol. The molecule has 0 aliphatic carbocycles. The Morgan fingerprint density at radius 3 is 2.64 bits per heavy atom. The number of thiophene rings is 1. The summed E-state index contributed by atoms with van der Waals surface area (Å²) in [4.78, 5) is 0.796. The summed E-state index contributed by atoms with van der Waals surface area (Å²) in [6.45, 7) is -0.0219. The number of aliphatic hydroxyl groups excluding tert-OH is 3. The van der Waals surface area contributed by atoms with Crippen molar-refractivity contribution in [2.75, 3.05) is 5.33 Å².